The third kappa shape index (κ3) is 2.82. The number of hydrogen-bond donors (Lipinski definition) is 2. The van der Waals surface area contributed by atoms with Gasteiger partial charge in [0, 0.05) is 10.5 Å². The molecule has 18 heavy (non-hydrogen) atoms. The maximum Gasteiger partial charge on any atom is 0.278 e. The van der Waals surface area contributed by atoms with Gasteiger partial charge in [-0.2, -0.15) is 13.5 Å². The average molecular weight is 332 g/mol. The van der Waals surface area contributed by atoms with E-state index >= 15 is 0 Å². The van der Waals surface area contributed by atoms with Crippen LogP contribution >= 0.6 is 15.9 Å². The zero-order chi connectivity index (χ0) is 13.2. The summed E-state index contributed by atoms with van der Waals surface area (Å²) in [6.45, 7) is 0. The number of benzene rings is 1. The van der Waals surface area contributed by atoms with Gasteiger partial charge in [0.25, 0.3) is 10.0 Å². The summed E-state index contributed by atoms with van der Waals surface area (Å²) >= 11 is 3.28. The summed E-state index contributed by atoms with van der Waals surface area (Å²) in [4.78, 5) is 0. The second kappa shape index (κ2) is 4.99. The first kappa shape index (κ1) is 12.9. The van der Waals surface area contributed by atoms with E-state index in [2.05, 4.69) is 30.8 Å². The van der Waals surface area contributed by atoms with Gasteiger partial charge >= 0.3 is 0 Å². The maximum atomic E-state index is 11.9. The fourth-order valence-corrected chi connectivity index (χ4v) is 2.77. The molecule has 0 unspecified atom stereocenters. The largest absolute Gasteiger partial charge is 0.497 e. The molecule has 8 heteroatoms. The molecule has 0 saturated carbocycles. The molecule has 0 aliphatic rings. The van der Waals surface area contributed by atoms with Gasteiger partial charge in [-0.15, -0.1) is 0 Å². The highest BCUT2D eigenvalue weighted by Gasteiger charge is 2.16. The summed E-state index contributed by atoms with van der Waals surface area (Å²) in [6, 6.07) is 6.32. The van der Waals surface area contributed by atoms with Gasteiger partial charge in [-0.1, -0.05) is 15.9 Å². The molecule has 0 radical (unpaired) electrons. The van der Waals surface area contributed by atoms with Gasteiger partial charge in [0.05, 0.1) is 19.0 Å². The van der Waals surface area contributed by atoms with E-state index in [0.29, 0.717) is 15.9 Å². The quantitative estimate of drug-likeness (QED) is 0.897. The van der Waals surface area contributed by atoms with Gasteiger partial charge in [-0.05, 0) is 18.2 Å². The highest BCUT2D eigenvalue weighted by molar-refractivity contribution is 9.10. The average Bonchev–Trinajstić information content (AvgIpc) is 2.81. The van der Waals surface area contributed by atoms with Crippen molar-refractivity contribution < 1.29 is 13.2 Å². The molecule has 1 heterocycles. The van der Waals surface area contributed by atoms with E-state index in [-0.39, 0.29) is 5.03 Å². The van der Waals surface area contributed by atoms with Crippen LogP contribution in [0, 0.1) is 0 Å². The molecule has 2 N–H and O–H groups in total. The third-order valence-corrected chi connectivity index (χ3v) is 3.89. The minimum absolute atomic E-state index is 0.00134. The van der Waals surface area contributed by atoms with Crippen molar-refractivity contribution in [1.82, 2.24) is 10.2 Å². The molecule has 0 saturated heterocycles. The standard InChI is InChI=1S/C10H10BrN3O3S/c1-17-9-5-7(11)4-8(6-9)14-18(15,16)10-2-3-12-13-10/h2-6,14H,1H3,(H,12,13). The Balaban J connectivity index is 2.32. The molecule has 1 aromatic heterocycles. The second-order valence-corrected chi connectivity index (χ2v) is 5.97. The number of halogens is 1. The van der Waals surface area contributed by atoms with E-state index in [1.165, 1.54) is 19.4 Å². The molecule has 0 spiro atoms. The van der Waals surface area contributed by atoms with Crippen molar-refractivity contribution >= 4 is 31.6 Å². The number of nitrogens with one attached hydrogen (secondary N) is 2. The van der Waals surface area contributed by atoms with Crippen LogP contribution in [0.1, 0.15) is 0 Å². The van der Waals surface area contributed by atoms with Crippen LogP contribution in [0.15, 0.2) is 40.0 Å². The number of rotatable bonds is 4. The number of aromatic nitrogens is 2. The number of H-pyrrole nitrogens is 1. The van der Waals surface area contributed by atoms with E-state index in [4.69, 9.17) is 4.74 Å². The predicted molar refractivity (Wildman–Crippen MR) is 70.1 cm³/mol. The lowest BCUT2D eigenvalue weighted by Gasteiger charge is -2.08. The van der Waals surface area contributed by atoms with Gasteiger partial charge in [0.1, 0.15) is 5.75 Å². The fraction of sp³-hybridized carbons (Fsp3) is 0.100. The van der Waals surface area contributed by atoms with Gasteiger partial charge < -0.3 is 4.74 Å². The Morgan fingerprint density at radius 2 is 2.17 bits per heavy atom. The number of aromatic amines is 1. The van der Waals surface area contributed by atoms with Gasteiger partial charge in [-0.25, -0.2) is 0 Å². The maximum absolute atomic E-state index is 11.9. The topological polar surface area (TPSA) is 84.1 Å². The lowest BCUT2D eigenvalue weighted by Crippen LogP contribution is -2.13. The third-order valence-electron chi connectivity index (χ3n) is 2.12. The molecule has 0 bridgehead atoms. The normalized spacial score (nSPS) is 11.2. The molecule has 2 rings (SSSR count). The monoisotopic (exact) mass is 331 g/mol. The number of anilines is 1. The van der Waals surface area contributed by atoms with Crippen molar-refractivity contribution in [2.45, 2.75) is 5.03 Å². The van der Waals surface area contributed by atoms with Crippen LogP contribution in [0.3, 0.4) is 0 Å². The van der Waals surface area contributed by atoms with Crippen LogP contribution in [0.2, 0.25) is 0 Å². The predicted octanol–water partition coefficient (Wildman–Crippen LogP) is 1.98. The number of ether oxygens (including phenoxy) is 1. The smallest absolute Gasteiger partial charge is 0.278 e. The molecule has 0 aliphatic carbocycles. The highest BCUT2D eigenvalue weighted by atomic mass is 79.9. The Morgan fingerprint density at radius 1 is 1.39 bits per heavy atom. The second-order valence-electron chi connectivity index (χ2n) is 3.41. The summed E-state index contributed by atoms with van der Waals surface area (Å²) in [5, 5.41) is 6.00. The minimum atomic E-state index is -3.66. The van der Waals surface area contributed by atoms with Gasteiger partial charge in [-0.3, -0.25) is 9.82 Å². The fourth-order valence-electron chi connectivity index (χ4n) is 1.34. The van der Waals surface area contributed by atoms with E-state index in [1.54, 1.807) is 18.2 Å². The van der Waals surface area contributed by atoms with Crippen LogP contribution in [0.25, 0.3) is 0 Å². The first-order valence-corrected chi connectivity index (χ1v) is 7.15. The number of nitrogens with zero attached hydrogens (tertiary/aromatic N) is 1. The Morgan fingerprint density at radius 3 is 2.78 bits per heavy atom. The zero-order valence-electron chi connectivity index (χ0n) is 9.34. The lowest BCUT2D eigenvalue weighted by atomic mass is 10.3. The molecular weight excluding hydrogens is 322 g/mol. The zero-order valence-corrected chi connectivity index (χ0v) is 11.7. The Kier molecular flexibility index (Phi) is 3.58. The lowest BCUT2D eigenvalue weighted by molar-refractivity contribution is 0.415. The van der Waals surface area contributed by atoms with Crippen molar-refractivity contribution in [2.75, 3.05) is 11.8 Å². The molecular formula is C10H10BrN3O3S. The van der Waals surface area contributed by atoms with Crippen molar-refractivity contribution in [3.8, 4) is 5.75 Å². The van der Waals surface area contributed by atoms with Gasteiger partial charge in [0.2, 0.25) is 0 Å². The van der Waals surface area contributed by atoms with Crippen molar-refractivity contribution in [2.24, 2.45) is 0 Å². The van der Waals surface area contributed by atoms with Crippen LogP contribution in [0.5, 0.6) is 5.75 Å². The SMILES string of the molecule is COc1cc(Br)cc(NS(=O)(=O)c2ccn[nH]2)c1. The molecule has 0 aliphatic heterocycles. The van der Waals surface area contributed by atoms with E-state index in [9.17, 15) is 8.42 Å². The Hall–Kier alpha value is -1.54. The first-order chi connectivity index (χ1) is 8.51. The highest BCUT2D eigenvalue weighted by Crippen LogP contribution is 2.25. The van der Waals surface area contributed by atoms with Gasteiger partial charge in [0.15, 0.2) is 5.03 Å². The summed E-state index contributed by atoms with van der Waals surface area (Å²) in [7, 11) is -2.15. The Labute approximate surface area is 113 Å². The van der Waals surface area contributed by atoms with E-state index in [0.717, 1.165) is 0 Å². The molecule has 0 fully saturated rings. The summed E-state index contributed by atoms with van der Waals surface area (Å²) in [5.41, 5.74) is 0.399. The van der Waals surface area contributed by atoms with Crippen LogP contribution in [0.4, 0.5) is 5.69 Å². The number of sulfonamides is 1. The van der Waals surface area contributed by atoms with Crippen molar-refractivity contribution in [3.05, 3.63) is 34.9 Å². The molecule has 0 atom stereocenters. The molecule has 6 nitrogen and oxygen atoms in total. The summed E-state index contributed by atoms with van der Waals surface area (Å²) in [5.74, 6) is 0.548. The van der Waals surface area contributed by atoms with Crippen molar-refractivity contribution in [3.63, 3.8) is 0 Å². The number of methoxy groups -OCH3 is 1. The molecule has 1 aromatic carbocycles. The summed E-state index contributed by atoms with van der Waals surface area (Å²) < 4.78 is 32.1. The molecule has 96 valence electrons. The molecule has 0 amide bonds. The Bertz CT molecular complexity index is 640. The van der Waals surface area contributed by atoms with Crippen molar-refractivity contribution in [1.29, 1.82) is 0 Å². The number of hydrogen-bond acceptors (Lipinski definition) is 4. The minimum Gasteiger partial charge on any atom is -0.497 e. The van der Waals surface area contributed by atoms with E-state index in [1.807, 2.05) is 0 Å². The van der Waals surface area contributed by atoms with Crippen LogP contribution < -0.4 is 9.46 Å². The van der Waals surface area contributed by atoms with Crippen LogP contribution in [-0.2, 0) is 10.0 Å². The van der Waals surface area contributed by atoms with Crippen LogP contribution in [-0.4, -0.2) is 25.7 Å². The molecule has 2 aromatic rings. The first-order valence-electron chi connectivity index (χ1n) is 4.88. The van der Waals surface area contributed by atoms with E-state index < -0.39 is 10.0 Å². The summed E-state index contributed by atoms with van der Waals surface area (Å²) in [6.07, 6.45) is 1.37.